The van der Waals surface area contributed by atoms with E-state index in [2.05, 4.69) is 23.8 Å². The molecule has 0 aliphatic carbocycles. The van der Waals surface area contributed by atoms with E-state index in [0.29, 0.717) is 6.61 Å². The van der Waals surface area contributed by atoms with E-state index < -0.39 is 5.72 Å². The summed E-state index contributed by atoms with van der Waals surface area (Å²) in [4.78, 5) is 0. The fraction of sp³-hybridized carbons (Fsp3) is 0.529. The van der Waals surface area contributed by atoms with Crippen molar-refractivity contribution < 1.29 is 4.74 Å². The summed E-state index contributed by atoms with van der Waals surface area (Å²) < 4.78 is 7.93. The van der Waals surface area contributed by atoms with E-state index in [-0.39, 0.29) is 0 Å². The van der Waals surface area contributed by atoms with Crippen LogP contribution in [0.2, 0.25) is 0 Å². The number of hydrogen-bond donors (Lipinski definition) is 0. The molecule has 0 aliphatic rings. The first kappa shape index (κ1) is 15.7. The predicted octanol–water partition coefficient (Wildman–Crippen LogP) is 4.28. The average molecular weight is 287 g/mol. The van der Waals surface area contributed by atoms with Crippen molar-refractivity contribution in [1.29, 1.82) is 0 Å². The van der Waals surface area contributed by atoms with Crippen LogP contribution in [-0.2, 0) is 10.5 Å². The Hall–Kier alpha value is -1.68. The van der Waals surface area contributed by atoms with Crippen LogP contribution >= 0.6 is 0 Å². The fourth-order valence-electron chi connectivity index (χ4n) is 2.69. The lowest BCUT2D eigenvalue weighted by Crippen LogP contribution is -2.35. The van der Waals surface area contributed by atoms with Crippen LogP contribution in [-0.4, -0.2) is 21.6 Å². The van der Waals surface area contributed by atoms with Crippen LogP contribution in [0.1, 0.15) is 46.0 Å². The number of para-hydroxylation sites is 1. The number of nitrogens with zero attached hydrogens (tertiary/aromatic N) is 3. The molecule has 21 heavy (non-hydrogen) atoms. The molecule has 4 heteroatoms. The van der Waals surface area contributed by atoms with Gasteiger partial charge in [0, 0.05) is 13.0 Å². The summed E-state index contributed by atoms with van der Waals surface area (Å²) in [7, 11) is 0. The third kappa shape index (κ3) is 3.32. The van der Waals surface area contributed by atoms with Crippen LogP contribution in [0.25, 0.3) is 11.0 Å². The number of unbranched alkanes of at least 4 members (excludes halogenated alkanes) is 3. The molecular weight excluding hydrogens is 262 g/mol. The highest BCUT2D eigenvalue weighted by Gasteiger charge is 2.31. The number of benzene rings is 1. The SMILES string of the molecule is C=CC(CCCCCC)(OCC)n1nnc2ccccc21. The second-order valence-corrected chi connectivity index (χ2v) is 5.28. The fourth-order valence-corrected chi connectivity index (χ4v) is 2.69. The molecule has 1 aromatic heterocycles. The van der Waals surface area contributed by atoms with E-state index >= 15 is 0 Å². The van der Waals surface area contributed by atoms with E-state index in [1.54, 1.807) is 0 Å². The molecule has 1 heterocycles. The maximum absolute atomic E-state index is 6.05. The largest absolute Gasteiger partial charge is 0.350 e. The minimum atomic E-state index is -0.599. The van der Waals surface area contributed by atoms with Crippen molar-refractivity contribution in [2.75, 3.05) is 6.61 Å². The van der Waals surface area contributed by atoms with Crippen LogP contribution in [0.5, 0.6) is 0 Å². The average Bonchev–Trinajstić information content (AvgIpc) is 2.95. The molecule has 0 spiro atoms. The topological polar surface area (TPSA) is 39.9 Å². The molecule has 0 aliphatic heterocycles. The van der Waals surface area contributed by atoms with Crippen molar-refractivity contribution in [2.24, 2.45) is 0 Å². The normalized spacial score (nSPS) is 14.2. The van der Waals surface area contributed by atoms with Gasteiger partial charge in [-0.05, 0) is 31.6 Å². The first-order valence-corrected chi connectivity index (χ1v) is 7.86. The van der Waals surface area contributed by atoms with Gasteiger partial charge in [0.05, 0.1) is 5.52 Å². The molecule has 0 fully saturated rings. The Morgan fingerprint density at radius 2 is 2.05 bits per heavy atom. The number of hydrogen-bond acceptors (Lipinski definition) is 3. The lowest BCUT2D eigenvalue weighted by Gasteiger charge is -2.31. The summed E-state index contributed by atoms with van der Waals surface area (Å²) >= 11 is 0. The Kier molecular flexibility index (Phi) is 5.51. The van der Waals surface area contributed by atoms with Gasteiger partial charge in [-0.3, -0.25) is 0 Å². The molecule has 0 bridgehead atoms. The summed E-state index contributed by atoms with van der Waals surface area (Å²) in [5.74, 6) is 0. The van der Waals surface area contributed by atoms with Gasteiger partial charge >= 0.3 is 0 Å². The zero-order chi connectivity index (χ0) is 15.1. The Balaban J connectivity index is 2.32. The van der Waals surface area contributed by atoms with Crippen molar-refractivity contribution in [3.8, 4) is 0 Å². The molecule has 0 saturated carbocycles. The van der Waals surface area contributed by atoms with E-state index in [1.807, 2.05) is 41.9 Å². The molecule has 0 amide bonds. The van der Waals surface area contributed by atoms with E-state index in [0.717, 1.165) is 23.9 Å². The van der Waals surface area contributed by atoms with Gasteiger partial charge in [-0.1, -0.05) is 50.1 Å². The maximum Gasteiger partial charge on any atom is 0.181 e. The van der Waals surface area contributed by atoms with Crippen LogP contribution in [0.15, 0.2) is 36.9 Å². The van der Waals surface area contributed by atoms with Gasteiger partial charge in [0.15, 0.2) is 5.72 Å². The number of aromatic nitrogens is 3. The Bertz CT molecular complexity index is 578. The van der Waals surface area contributed by atoms with Crippen molar-refractivity contribution in [2.45, 2.75) is 51.7 Å². The van der Waals surface area contributed by atoms with Gasteiger partial charge in [-0.15, -0.1) is 5.10 Å². The highest BCUT2D eigenvalue weighted by Crippen LogP contribution is 2.29. The monoisotopic (exact) mass is 287 g/mol. The molecule has 2 rings (SSSR count). The molecule has 1 unspecified atom stereocenters. The van der Waals surface area contributed by atoms with Crippen molar-refractivity contribution >= 4 is 11.0 Å². The molecule has 1 aromatic carbocycles. The van der Waals surface area contributed by atoms with Crippen LogP contribution in [0, 0.1) is 0 Å². The quantitative estimate of drug-likeness (QED) is 0.510. The highest BCUT2D eigenvalue weighted by atomic mass is 16.5. The summed E-state index contributed by atoms with van der Waals surface area (Å²) in [6, 6.07) is 7.96. The molecular formula is C17H25N3O. The molecule has 0 radical (unpaired) electrons. The molecule has 2 aromatic rings. The summed E-state index contributed by atoms with van der Waals surface area (Å²) in [6.07, 6.45) is 7.50. The van der Waals surface area contributed by atoms with E-state index in [1.165, 1.54) is 19.3 Å². The molecule has 1 atom stereocenters. The summed E-state index contributed by atoms with van der Waals surface area (Å²) in [5, 5.41) is 8.57. The van der Waals surface area contributed by atoms with E-state index in [4.69, 9.17) is 4.74 Å². The zero-order valence-electron chi connectivity index (χ0n) is 13.1. The summed E-state index contributed by atoms with van der Waals surface area (Å²) in [6.45, 7) is 8.84. The number of rotatable bonds is 9. The molecule has 114 valence electrons. The van der Waals surface area contributed by atoms with E-state index in [9.17, 15) is 0 Å². The Morgan fingerprint density at radius 1 is 1.24 bits per heavy atom. The third-order valence-corrected chi connectivity index (χ3v) is 3.81. The minimum absolute atomic E-state index is 0.599. The molecule has 0 saturated heterocycles. The van der Waals surface area contributed by atoms with Gasteiger partial charge in [-0.25, -0.2) is 4.68 Å². The first-order valence-electron chi connectivity index (χ1n) is 7.86. The second kappa shape index (κ2) is 7.36. The predicted molar refractivity (Wildman–Crippen MR) is 86.1 cm³/mol. The standard InChI is InChI=1S/C17H25N3O/c1-4-7-8-11-14-17(5-2,21-6-3)20-16-13-10-9-12-15(16)18-19-20/h5,9-10,12-13H,2,4,6-8,11,14H2,1,3H3. The minimum Gasteiger partial charge on any atom is -0.350 e. The summed E-state index contributed by atoms with van der Waals surface area (Å²) in [5.41, 5.74) is 1.27. The first-order chi connectivity index (χ1) is 10.3. The lowest BCUT2D eigenvalue weighted by molar-refractivity contribution is -0.0760. The van der Waals surface area contributed by atoms with Crippen LogP contribution in [0.4, 0.5) is 0 Å². The third-order valence-electron chi connectivity index (χ3n) is 3.81. The van der Waals surface area contributed by atoms with Crippen LogP contribution < -0.4 is 0 Å². The Labute approximate surface area is 126 Å². The van der Waals surface area contributed by atoms with Gasteiger partial charge in [0.1, 0.15) is 5.52 Å². The number of ether oxygens (including phenoxy) is 1. The van der Waals surface area contributed by atoms with Crippen molar-refractivity contribution in [1.82, 2.24) is 15.0 Å². The zero-order valence-corrected chi connectivity index (χ0v) is 13.1. The molecule has 4 nitrogen and oxygen atoms in total. The second-order valence-electron chi connectivity index (χ2n) is 5.28. The van der Waals surface area contributed by atoms with Gasteiger partial charge in [0.2, 0.25) is 0 Å². The van der Waals surface area contributed by atoms with Crippen LogP contribution in [0.3, 0.4) is 0 Å². The van der Waals surface area contributed by atoms with Crippen molar-refractivity contribution in [3.63, 3.8) is 0 Å². The lowest BCUT2D eigenvalue weighted by atomic mass is 10.0. The smallest absolute Gasteiger partial charge is 0.181 e. The Morgan fingerprint density at radius 3 is 2.76 bits per heavy atom. The van der Waals surface area contributed by atoms with Gasteiger partial charge in [0.25, 0.3) is 0 Å². The van der Waals surface area contributed by atoms with Gasteiger partial charge < -0.3 is 4.74 Å². The maximum atomic E-state index is 6.05. The highest BCUT2D eigenvalue weighted by molar-refractivity contribution is 5.74. The van der Waals surface area contributed by atoms with Crippen molar-refractivity contribution in [3.05, 3.63) is 36.9 Å². The molecule has 0 N–H and O–H groups in total. The van der Waals surface area contributed by atoms with Gasteiger partial charge in [-0.2, -0.15) is 0 Å². The number of fused-ring (bicyclic) bond motifs is 1.